The molecule has 0 saturated heterocycles. The summed E-state index contributed by atoms with van der Waals surface area (Å²) >= 11 is 0. The maximum atomic E-state index is 12.2. The van der Waals surface area contributed by atoms with E-state index in [1.807, 2.05) is 0 Å². The molecule has 0 saturated carbocycles. The summed E-state index contributed by atoms with van der Waals surface area (Å²) in [6.45, 7) is 3.46. The number of nitrogens with one attached hydrogen (secondary N) is 1. The average molecular weight is 318 g/mol. The summed E-state index contributed by atoms with van der Waals surface area (Å²) in [5.74, 6) is -1.03. The highest BCUT2D eigenvalue weighted by molar-refractivity contribution is 6.01. The van der Waals surface area contributed by atoms with Gasteiger partial charge in [-0.1, -0.05) is 18.2 Å². The van der Waals surface area contributed by atoms with Crippen molar-refractivity contribution in [1.29, 1.82) is 0 Å². The van der Waals surface area contributed by atoms with Gasteiger partial charge in [-0.05, 0) is 26.3 Å². The fourth-order valence-electron chi connectivity index (χ4n) is 2.12. The van der Waals surface area contributed by atoms with Crippen LogP contribution in [0.5, 0.6) is 0 Å². The van der Waals surface area contributed by atoms with Gasteiger partial charge in [0.1, 0.15) is 0 Å². The van der Waals surface area contributed by atoms with Crippen LogP contribution in [-0.2, 0) is 14.3 Å². The molecule has 1 heterocycles. The molecule has 0 bridgehead atoms. The van der Waals surface area contributed by atoms with Gasteiger partial charge in [-0.2, -0.15) is 5.10 Å². The smallest absolute Gasteiger partial charge is 0.359 e. The molecular formula is C16H18N2O5. The molecule has 122 valence electrons. The van der Waals surface area contributed by atoms with Crippen molar-refractivity contribution in [1.82, 2.24) is 10.2 Å². The number of hydrogen-bond donors (Lipinski definition) is 1. The number of nitrogens with zero attached hydrogens (tertiary/aromatic N) is 1. The van der Waals surface area contributed by atoms with Gasteiger partial charge in [-0.15, -0.1) is 0 Å². The van der Waals surface area contributed by atoms with Gasteiger partial charge in [0, 0.05) is 5.39 Å². The number of carbonyl (C=O) groups is 2. The Morgan fingerprint density at radius 3 is 2.52 bits per heavy atom. The van der Waals surface area contributed by atoms with Crippen molar-refractivity contribution in [3.8, 4) is 0 Å². The normalized spacial score (nSPS) is 11.3. The number of carbonyl (C=O) groups excluding carboxylic acids is 2. The van der Waals surface area contributed by atoms with Gasteiger partial charge in [0.2, 0.25) is 0 Å². The lowest BCUT2D eigenvalue weighted by molar-refractivity contribution is -0.151. The summed E-state index contributed by atoms with van der Waals surface area (Å²) in [6, 6.07) is 6.64. The molecule has 0 spiro atoms. The zero-order valence-electron chi connectivity index (χ0n) is 13.2. The summed E-state index contributed by atoms with van der Waals surface area (Å²) in [4.78, 5) is 35.4. The highest BCUT2D eigenvalue weighted by Gasteiger charge is 2.29. The maximum absolute atomic E-state index is 12.2. The summed E-state index contributed by atoms with van der Waals surface area (Å²) in [5.41, 5.74) is -1.09. The topological polar surface area (TPSA) is 98.3 Å². The molecule has 1 aromatic carbocycles. The molecule has 7 heteroatoms. The second-order valence-electron chi connectivity index (χ2n) is 5.71. The van der Waals surface area contributed by atoms with Crippen molar-refractivity contribution in [3.05, 3.63) is 40.3 Å². The van der Waals surface area contributed by atoms with Crippen molar-refractivity contribution < 1.29 is 19.1 Å². The second kappa shape index (κ2) is 6.60. The number of H-pyrrole nitrogens is 1. The van der Waals surface area contributed by atoms with Crippen molar-refractivity contribution in [2.24, 2.45) is 5.41 Å². The number of aromatic nitrogens is 2. The Kier molecular flexibility index (Phi) is 4.78. The van der Waals surface area contributed by atoms with E-state index in [0.717, 1.165) is 0 Å². The van der Waals surface area contributed by atoms with Crippen LogP contribution < -0.4 is 5.56 Å². The zero-order chi connectivity index (χ0) is 17.0. The number of esters is 2. The van der Waals surface area contributed by atoms with Gasteiger partial charge >= 0.3 is 11.9 Å². The second-order valence-corrected chi connectivity index (χ2v) is 5.71. The lowest BCUT2D eigenvalue weighted by atomic mass is 9.90. The summed E-state index contributed by atoms with van der Waals surface area (Å²) < 4.78 is 9.87. The molecule has 0 aliphatic heterocycles. The van der Waals surface area contributed by atoms with E-state index in [0.29, 0.717) is 17.2 Å². The maximum Gasteiger partial charge on any atom is 0.359 e. The average Bonchev–Trinajstić information content (AvgIpc) is 2.54. The van der Waals surface area contributed by atoms with E-state index in [-0.39, 0.29) is 23.8 Å². The van der Waals surface area contributed by atoms with Crippen LogP contribution in [0.3, 0.4) is 0 Å². The first-order valence-electron chi connectivity index (χ1n) is 7.10. The Balaban J connectivity index is 2.12. The fraction of sp³-hybridized carbons (Fsp3) is 0.375. The highest BCUT2D eigenvalue weighted by Crippen LogP contribution is 2.22. The number of ether oxygens (including phenoxy) is 2. The van der Waals surface area contributed by atoms with E-state index in [1.54, 1.807) is 38.1 Å². The van der Waals surface area contributed by atoms with Crippen LogP contribution in [0.2, 0.25) is 0 Å². The van der Waals surface area contributed by atoms with Crippen LogP contribution in [0.25, 0.3) is 10.8 Å². The first kappa shape index (κ1) is 16.7. The van der Waals surface area contributed by atoms with Gasteiger partial charge in [0.25, 0.3) is 5.56 Å². The molecule has 2 rings (SSSR count). The van der Waals surface area contributed by atoms with Crippen LogP contribution in [0, 0.1) is 5.41 Å². The van der Waals surface area contributed by atoms with E-state index >= 15 is 0 Å². The van der Waals surface area contributed by atoms with Gasteiger partial charge in [-0.3, -0.25) is 9.59 Å². The molecule has 2 aromatic rings. The quantitative estimate of drug-likeness (QED) is 0.842. The summed E-state index contributed by atoms with van der Waals surface area (Å²) in [5, 5.41) is 6.84. The lowest BCUT2D eigenvalue weighted by Gasteiger charge is -2.20. The van der Waals surface area contributed by atoms with Gasteiger partial charge in [0.05, 0.1) is 24.5 Å². The van der Waals surface area contributed by atoms with E-state index in [2.05, 4.69) is 10.2 Å². The predicted octanol–water partition coefficient (Wildman–Crippen LogP) is 1.67. The minimum Gasteiger partial charge on any atom is -0.469 e. The summed E-state index contributed by atoms with van der Waals surface area (Å²) in [7, 11) is 1.31. The van der Waals surface area contributed by atoms with Crippen LogP contribution in [-0.4, -0.2) is 35.9 Å². The molecule has 0 aliphatic carbocycles. The van der Waals surface area contributed by atoms with E-state index < -0.39 is 11.4 Å². The Hall–Kier alpha value is -2.70. The highest BCUT2D eigenvalue weighted by atomic mass is 16.5. The molecule has 0 radical (unpaired) electrons. The van der Waals surface area contributed by atoms with Crippen LogP contribution in [0.15, 0.2) is 29.1 Å². The third kappa shape index (κ3) is 3.56. The first-order chi connectivity index (χ1) is 10.9. The van der Waals surface area contributed by atoms with E-state index in [4.69, 9.17) is 9.47 Å². The van der Waals surface area contributed by atoms with Gasteiger partial charge < -0.3 is 9.47 Å². The monoisotopic (exact) mass is 318 g/mol. The molecule has 0 fully saturated rings. The van der Waals surface area contributed by atoms with Crippen LogP contribution in [0.4, 0.5) is 0 Å². The van der Waals surface area contributed by atoms with E-state index in [1.165, 1.54) is 7.11 Å². The Morgan fingerprint density at radius 1 is 1.22 bits per heavy atom. The lowest BCUT2D eigenvalue weighted by Crippen LogP contribution is -2.27. The third-order valence-corrected chi connectivity index (χ3v) is 3.59. The predicted molar refractivity (Wildman–Crippen MR) is 83.1 cm³/mol. The van der Waals surface area contributed by atoms with Crippen molar-refractivity contribution >= 4 is 22.7 Å². The number of aromatic amines is 1. The van der Waals surface area contributed by atoms with Crippen molar-refractivity contribution in [2.75, 3.05) is 13.7 Å². The largest absolute Gasteiger partial charge is 0.469 e. The fourth-order valence-corrected chi connectivity index (χ4v) is 2.12. The molecule has 1 aromatic heterocycles. The Bertz CT molecular complexity index is 794. The number of methoxy groups -OCH3 is 1. The summed E-state index contributed by atoms with van der Waals surface area (Å²) in [6.07, 6.45) is 0.312. The molecule has 0 atom stereocenters. The molecular weight excluding hydrogens is 300 g/mol. The molecule has 1 N–H and O–H groups in total. The zero-order valence-corrected chi connectivity index (χ0v) is 13.2. The first-order valence-corrected chi connectivity index (χ1v) is 7.10. The molecule has 23 heavy (non-hydrogen) atoms. The van der Waals surface area contributed by atoms with Crippen molar-refractivity contribution in [2.45, 2.75) is 20.3 Å². The standard InChI is InChI=1S/C16H18N2O5/c1-16(2,15(21)22-3)8-9-23-14(20)12-10-6-4-5-7-11(10)13(19)18-17-12/h4-7H,8-9H2,1-3H3,(H,18,19). The van der Waals surface area contributed by atoms with E-state index in [9.17, 15) is 14.4 Å². The SMILES string of the molecule is COC(=O)C(C)(C)CCOC(=O)c1n[nH]c(=O)c2ccccc12. The Morgan fingerprint density at radius 2 is 1.87 bits per heavy atom. The molecule has 0 aliphatic rings. The number of hydrogen-bond acceptors (Lipinski definition) is 6. The number of benzene rings is 1. The van der Waals surface area contributed by atoms with Crippen LogP contribution >= 0.6 is 0 Å². The Labute approximate surface area is 132 Å². The van der Waals surface area contributed by atoms with Gasteiger partial charge in [-0.25, -0.2) is 9.89 Å². The number of fused-ring (bicyclic) bond motifs is 1. The van der Waals surface area contributed by atoms with Crippen LogP contribution in [0.1, 0.15) is 30.8 Å². The molecule has 0 amide bonds. The van der Waals surface area contributed by atoms with Gasteiger partial charge in [0.15, 0.2) is 5.69 Å². The molecule has 0 unspecified atom stereocenters. The minimum atomic E-state index is -0.754. The third-order valence-electron chi connectivity index (χ3n) is 3.59. The van der Waals surface area contributed by atoms with Crippen molar-refractivity contribution in [3.63, 3.8) is 0 Å². The number of rotatable bonds is 5. The molecule has 7 nitrogen and oxygen atoms in total. The minimum absolute atomic E-state index is 0.0378.